The molecule has 2 aromatic rings. The second-order valence-corrected chi connectivity index (χ2v) is 4.88. The molecule has 0 atom stereocenters. The van der Waals surface area contributed by atoms with Crippen molar-refractivity contribution in [2.45, 2.75) is 5.75 Å². The molecule has 0 fully saturated rings. The van der Waals surface area contributed by atoms with Gasteiger partial charge < -0.3 is 22.7 Å². The first kappa shape index (κ1) is 16.3. The molecule has 2 rings (SSSR count). The Morgan fingerprint density at radius 3 is 2.35 bits per heavy atom. The van der Waals surface area contributed by atoms with Crippen molar-refractivity contribution in [2.24, 2.45) is 10.7 Å². The lowest BCUT2D eigenvalue weighted by molar-refractivity contribution is -0.00000414. The van der Waals surface area contributed by atoms with Gasteiger partial charge in [0.25, 0.3) is 0 Å². The smallest absolute Gasteiger partial charge is 0.159 e. The zero-order valence-corrected chi connectivity index (χ0v) is 13.1. The Morgan fingerprint density at radius 1 is 1.10 bits per heavy atom. The van der Waals surface area contributed by atoms with E-state index in [1.165, 1.54) is 11.8 Å². The SMILES string of the molecule is N#Cc1ccc(CSC(N)=Nc2ccccc2)cc1.[Br-]. The fraction of sp³-hybridized carbons (Fsp3) is 0.0667. The van der Waals surface area contributed by atoms with Crippen molar-refractivity contribution in [1.82, 2.24) is 0 Å². The highest BCUT2D eigenvalue weighted by molar-refractivity contribution is 8.13. The molecule has 102 valence electrons. The highest BCUT2D eigenvalue weighted by atomic mass is 79.9. The lowest BCUT2D eigenvalue weighted by Gasteiger charge is -2.02. The van der Waals surface area contributed by atoms with E-state index in [1.807, 2.05) is 42.5 Å². The Labute approximate surface area is 133 Å². The van der Waals surface area contributed by atoms with Gasteiger partial charge in [-0.05, 0) is 29.8 Å². The minimum atomic E-state index is 0. The molecule has 20 heavy (non-hydrogen) atoms. The van der Waals surface area contributed by atoms with Crippen molar-refractivity contribution in [3.8, 4) is 6.07 Å². The maximum atomic E-state index is 8.72. The molecule has 2 N–H and O–H groups in total. The summed E-state index contributed by atoms with van der Waals surface area (Å²) < 4.78 is 0. The molecule has 0 saturated carbocycles. The quantitative estimate of drug-likeness (QED) is 0.648. The number of thioether (sulfide) groups is 1. The first-order chi connectivity index (χ1) is 9.28. The number of halogens is 1. The third-order valence-corrected chi connectivity index (χ3v) is 3.33. The monoisotopic (exact) mass is 346 g/mol. The summed E-state index contributed by atoms with van der Waals surface area (Å²) in [5.74, 6) is 0.744. The highest BCUT2D eigenvalue weighted by Crippen LogP contribution is 2.16. The van der Waals surface area contributed by atoms with Gasteiger partial charge in [0.05, 0.1) is 17.3 Å². The van der Waals surface area contributed by atoms with Crippen molar-refractivity contribution in [3.63, 3.8) is 0 Å². The summed E-state index contributed by atoms with van der Waals surface area (Å²) in [7, 11) is 0. The van der Waals surface area contributed by atoms with E-state index in [4.69, 9.17) is 11.0 Å². The van der Waals surface area contributed by atoms with Crippen LogP contribution in [0.25, 0.3) is 0 Å². The van der Waals surface area contributed by atoms with Gasteiger partial charge >= 0.3 is 0 Å². The molecule has 0 heterocycles. The van der Waals surface area contributed by atoms with E-state index in [-0.39, 0.29) is 17.0 Å². The van der Waals surface area contributed by atoms with Gasteiger partial charge in [-0.1, -0.05) is 42.1 Å². The average Bonchev–Trinajstić information content (AvgIpc) is 2.47. The van der Waals surface area contributed by atoms with Gasteiger partial charge in [0.2, 0.25) is 0 Å². The van der Waals surface area contributed by atoms with Crippen LogP contribution in [0.15, 0.2) is 59.6 Å². The molecule has 0 radical (unpaired) electrons. The van der Waals surface area contributed by atoms with E-state index >= 15 is 0 Å². The predicted molar refractivity (Wildman–Crippen MR) is 80.2 cm³/mol. The van der Waals surface area contributed by atoms with E-state index in [2.05, 4.69) is 11.1 Å². The number of benzene rings is 2. The van der Waals surface area contributed by atoms with Gasteiger partial charge in [0.15, 0.2) is 5.17 Å². The zero-order chi connectivity index (χ0) is 13.5. The summed E-state index contributed by atoms with van der Waals surface area (Å²) in [5, 5.41) is 9.25. The molecule has 0 saturated heterocycles. The van der Waals surface area contributed by atoms with Gasteiger partial charge in [-0.3, -0.25) is 0 Å². The molecular weight excluding hydrogens is 334 g/mol. The molecule has 5 heteroatoms. The molecular formula is C15H13BrN3S-. The van der Waals surface area contributed by atoms with Crippen molar-refractivity contribution >= 4 is 22.6 Å². The van der Waals surface area contributed by atoms with Crippen LogP contribution in [0.4, 0.5) is 5.69 Å². The van der Waals surface area contributed by atoms with Gasteiger partial charge in [-0.15, -0.1) is 0 Å². The Hall–Kier alpha value is -1.77. The zero-order valence-electron chi connectivity index (χ0n) is 10.7. The molecule has 0 aliphatic heterocycles. The molecule has 0 unspecified atom stereocenters. The van der Waals surface area contributed by atoms with Crippen LogP contribution in [0.3, 0.4) is 0 Å². The minimum absolute atomic E-state index is 0. The Kier molecular flexibility index (Phi) is 6.85. The third-order valence-electron chi connectivity index (χ3n) is 2.47. The lowest BCUT2D eigenvalue weighted by Crippen LogP contribution is -3.00. The summed E-state index contributed by atoms with van der Waals surface area (Å²) in [6, 6.07) is 19.2. The number of hydrogen-bond acceptors (Lipinski definition) is 3. The number of rotatable bonds is 3. The maximum absolute atomic E-state index is 8.72. The normalized spacial score (nSPS) is 10.4. The maximum Gasteiger partial charge on any atom is 0.159 e. The van der Waals surface area contributed by atoms with Crippen LogP contribution in [0, 0.1) is 11.3 Å². The van der Waals surface area contributed by atoms with Crippen molar-refractivity contribution in [2.75, 3.05) is 0 Å². The summed E-state index contributed by atoms with van der Waals surface area (Å²) >= 11 is 1.48. The summed E-state index contributed by atoms with van der Waals surface area (Å²) in [5.41, 5.74) is 8.51. The van der Waals surface area contributed by atoms with Crippen LogP contribution in [0.5, 0.6) is 0 Å². The number of para-hydroxylation sites is 1. The van der Waals surface area contributed by atoms with E-state index in [0.717, 1.165) is 17.0 Å². The van der Waals surface area contributed by atoms with Crippen LogP contribution < -0.4 is 22.7 Å². The fourth-order valence-electron chi connectivity index (χ4n) is 1.49. The molecule has 0 aromatic heterocycles. The lowest BCUT2D eigenvalue weighted by atomic mass is 10.2. The van der Waals surface area contributed by atoms with Gasteiger partial charge in [0.1, 0.15) is 0 Å². The highest BCUT2D eigenvalue weighted by Gasteiger charge is 1.98. The second-order valence-electron chi connectivity index (χ2n) is 3.88. The van der Waals surface area contributed by atoms with E-state index in [1.54, 1.807) is 12.1 Å². The van der Waals surface area contributed by atoms with Gasteiger partial charge in [-0.25, -0.2) is 4.99 Å². The Morgan fingerprint density at radius 2 is 1.75 bits per heavy atom. The standard InChI is InChI=1S/C15H13N3S.BrH/c16-10-12-6-8-13(9-7-12)11-19-15(17)18-14-4-2-1-3-5-14;/h1-9H,11H2,(H2,17,18);1H/p-1. The second kappa shape index (κ2) is 8.41. The topological polar surface area (TPSA) is 62.2 Å². The Bertz CT molecular complexity index is 603. The molecule has 0 aliphatic rings. The molecule has 0 amide bonds. The largest absolute Gasteiger partial charge is 1.00 e. The summed E-state index contributed by atoms with van der Waals surface area (Å²) in [6.07, 6.45) is 0. The van der Waals surface area contributed by atoms with Crippen LogP contribution in [-0.2, 0) is 5.75 Å². The molecule has 3 nitrogen and oxygen atoms in total. The van der Waals surface area contributed by atoms with E-state index in [0.29, 0.717) is 10.7 Å². The van der Waals surface area contributed by atoms with Gasteiger partial charge in [0, 0.05) is 5.75 Å². The number of amidine groups is 1. The van der Waals surface area contributed by atoms with Crippen LogP contribution in [0.2, 0.25) is 0 Å². The Balaban J connectivity index is 0.00000200. The first-order valence-corrected chi connectivity index (χ1v) is 6.77. The van der Waals surface area contributed by atoms with Crippen LogP contribution >= 0.6 is 11.8 Å². The number of aliphatic imine (C=N–C) groups is 1. The van der Waals surface area contributed by atoms with E-state index < -0.39 is 0 Å². The minimum Gasteiger partial charge on any atom is -1.00 e. The number of nitriles is 1. The van der Waals surface area contributed by atoms with Crippen molar-refractivity contribution in [3.05, 3.63) is 65.7 Å². The number of nitrogens with zero attached hydrogens (tertiary/aromatic N) is 2. The number of nitrogens with two attached hydrogens (primary N) is 1. The summed E-state index contributed by atoms with van der Waals surface area (Å²) in [6.45, 7) is 0. The van der Waals surface area contributed by atoms with E-state index in [9.17, 15) is 0 Å². The first-order valence-electron chi connectivity index (χ1n) is 5.79. The molecule has 2 aromatic carbocycles. The molecule has 0 aliphatic carbocycles. The predicted octanol–water partition coefficient (Wildman–Crippen LogP) is 0.442. The fourth-order valence-corrected chi connectivity index (χ4v) is 2.17. The van der Waals surface area contributed by atoms with Crippen molar-refractivity contribution < 1.29 is 17.0 Å². The van der Waals surface area contributed by atoms with Crippen molar-refractivity contribution in [1.29, 1.82) is 5.26 Å². The van der Waals surface area contributed by atoms with Crippen LogP contribution in [0.1, 0.15) is 11.1 Å². The number of hydrogen-bond donors (Lipinski definition) is 1. The molecule has 0 bridgehead atoms. The molecule has 0 spiro atoms. The van der Waals surface area contributed by atoms with Gasteiger partial charge in [-0.2, -0.15) is 5.26 Å². The van der Waals surface area contributed by atoms with Crippen LogP contribution in [-0.4, -0.2) is 5.17 Å². The summed E-state index contributed by atoms with van der Waals surface area (Å²) in [4.78, 5) is 4.31. The average molecular weight is 347 g/mol. The third kappa shape index (κ3) is 5.08.